The van der Waals surface area contributed by atoms with Gasteiger partial charge >= 0.3 is 11.7 Å². The Balaban J connectivity index is 2.39. The van der Waals surface area contributed by atoms with E-state index in [1.54, 1.807) is 6.92 Å². The Morgan fingerprint density at radius 3 is 2.75 bits per heavy atom. The second kappa shape index (κ2) is 5.41. The van der Waals surface area contributed by atoms with Crippen molar-refractivity contribution in [3.63, 3.8) is 0 Å². The highest BCUT2D eigenvalue weighted by Gasteiger charge is 2.42. The molecule has 0 bridgehead atoms. The van der Waals surface area contributed by atoms with Gasteiger partial charge in [0.05, 0.1) is 4.92 Å². The van der Waals surface area contributed by atoms with Crippen molar-refractivity contribution in [3.8, 4) is 0 Å². The fourth-order valence-electron chi connectivity index (χ4n) is 2.21. The van der Waals surface area contributed by atoms with Crippen LogP contribution in [-0.2, 0) is 9.53 Å². The molecule has 1 fully saturated rings. The van der Waals surface area contributed by atoms with E-state index in [1.807, 2.05) is 0 Å². The summed E-state index contributed by atoms with van der Waals surface area (Å²) in [5.41, 5.74) is -1.04. The summed E-state index contributed by atoms with van der Waals surface area (Å²) in [5, 5.41) is 23.3. The summed E-state index contributed by atoms with van der Waals surface area (Å²) >= 11 is 0. The number of aliphatic carboxylic acids is 1. The molecule has 2 heterocycles. The molecular formula is C12H15N3O5. The summed E-state index contributed by atoms with van der Waals surface area (Å²) in [6.45, 7) is 2.17. The van der Waals surface area contributed by atoms with Crippen LogP contribution >= 0.6 is 0 Å². The van der Waals surface area contributed by atoms with E-state index in [0.29, 0.717) is 18.8 Å². The highest BCUT2D eigenvalue weighted by atomic mass is 16.6. The molecule has 0 aromatic carbocycles. The fraction of sp³-hybridized carbons (Fsp3) is 0.500. The number of aromatic nitrogens is 1. The molecule has 0 spiro atoms. The maximum absolute atomic E-state index is 11.5. The molecule has 1 aromatic rings. The number of pyridine rings is 1. The van der Waals surface area contributed by atoms with Crippen LogP contribution in [0.2, 0.25) is 0 Å². The Morgan fingerprint density at radius 2 is 2.20 bits per heavy atom. The number of rotatable bonds is 4. The van der Waals surface area contributed by atoms with Gasteiger partial charge in [0.25, 0.3) is 0 Å². The molecular weight excluding hydrogens is 266 g/mol. The van der Waals surface area contributed by atoms with Crippen LogP contribution in [0.3, 0.4) is 0 Å². The van der Waals surface area contributed by atoms with Crippen molar-refractivity contribution >= 4 is 17.5 Å². The summed E-state index contributed by atoms with van der Waals surface area (Å²) in [7, 11) is 0. The number of nitro groups is 1. The van der Waals surface area contributed by atoms with Gasteiger partial charge in [0.2, 0.25) is 5.82 Å². The van der Waals surface area contributed by atoms with E-state index in [4.69, 9.17) is 4.74 Å². The van der Waals surface area contributed by atoms with Crippen LogP contribution in [0, 0.1) is 17.0 Å². The summed E-state index contributed by atoms with van der Waals surface area (Å²) in [5.74, 6) is -1.07. The predicted molar refractivity (Wildman–Crippen MR) is 69.7 cm³/mol. The molecule has 0 atom stereocenters. The molecule has 20 heavy (non-hydrogen) atoms. The molecule has 1 aliphatic heterocycles. The van der Waals surface area contributed by atoms with E-state index >= 15 is 0 Å². The van der Waals surface area contributed by atoms with Gasteiger partial charge in [-0.15, -0.1) is 0 Å². The monoisotopic (exact) mass is 281 g/mol. The Bertz CT molecular complexity index is 540. The number of anilines is 1. The van der Waals surface area contributed by atoms with Crippen LogP contribution < -0.4 is 5.32 Å². The van der Waals surface area contributed by atoms with E-state index in [9.17, 15) is 20.0 Å². The first-order chi connectivity index (χ1) is 9.46. The number of nitrogens with one attached hydrogen (secondary N) is 1. The maximum Gasteiger partial charge on any atom is 0.329 e. The number of hydrogen-bond acceptors (Lipinski definition) is 6. The lowest BCUT2D eigenvalue weighted by atomic mass is 9.90. The number of carboxylic acids is 1. The molecule has 8 nitrogen and oxygen atoms in total. The van der Waals surface area contributed by atoms with Crippen LogP contribution in [0.25, 0.3) is 0 Å². The molecule has 0 amide bonds. The van der Waals surface area contributed by atoms with Crippen LogP contribution in [0.5, 0.6) is 0 Å². The second-order valence-electron chi connectivity index (χ2n) is 4.71. The van der Waals surface area contributed by atoms with E-state index < -0.39 is 16.4 Å². The van der Waals surface area contributed by atoms with Gasteiger partial charge < -0.3 is 15.2 Å². The zero-order valence-electron chi connectivity index (χ0n) is 11.0. The quantitative estimate of drug-likeness (QED) is 0.632. The number of hydrogen-bond donors (Lipinski definition) is 2. The van der Waals surface area contributed by atoms with E-state index in [0.717, 1.165) is 0 Å². The number of carbonyl (C=O) groups is 1. The van der Waals surface area contributed by atoms with E-state index in [2.05, 4.69) is 10.3 Å². The van der Waals surface area contributed by atoms with Gasteiger partial charge in [-0.1, -0.05) is 0 Å². The molecule has 1 saturated heterocycles. The third kappa shape index (κ3) is 2.55. The lowest BCUT2D eigenvalue weighted by molar-refractivity contribution is -0.384. The van der Waals surface area contributed by atoms with Gasteiger partial charge in [0.15, 0.2) is 0 Å². The summed E-state index contributed by atoms with van der Waals surface area (Å²) in [6, 6.07) is 1.51. The number of aryl methyl sites for hydroxylation is 1. The minimum Gasteiger partial charge on any atom is -0.480 e. The van der Waals surface area contributed by atoms with Crippen molar-refractivity contribution in [2.75, 3.05) is 18.5 Å². The zero-order valence-corrected chi connectivity index (χ0v) is 11.0. The number of nitrogens with zero attached hydrogens (tertiary/aromatic N) is 2. The average molecular weight is 281 g/mol. The SMILES string of the molecule is Cc1ccnc(NC2(C(=O)O)CCOCC2)c1[N+](=O)[O-]. The van der Waals surface area contributed by atoms with Gasteiger partial charge in [-0.3, -0.25) is 10.1 Å². The molecule has 8 heteroatoms. The molecule has 0 unspecified atom stereocenters. The molecule has 2 N–H and O–H groups in total. The Kier molecular flexibility index (Phi) is 3.84. The van der Waals surface area contributed by atoms with Crippen molar-refractivity contribution in [1.82, 2.24) is 4.98 Å². The molecule has 0 saturated carbocycles. The summed E-state index contributed by atoms with van der Waals surface area (Å²) in [4.78, 5) is 26.0. The highest BCUT2D eigenvalue weighted by Crippen LogP contribution is 2.32. The Labute approximate surface area is 114 Å². The van der Waals surface area contributed by atoms with Crippen LogP contribution in [0.1, 0.15) is 18.4 Å². The smallest absolute Gasteiger partial charge is 0.329 e. The van der Waals surface area contributed by atoms with Crippen molar-refractivity contribution in [1.29, 1.82) is 0 Å². The van der Waals surface area contributed by atoms with Crippen molar-refractivity contribution in [3.05, 3.63) is 27.9 Å². The molecule has 0 radical (unpaired) electrons. The van der Waals surface area contributed by atoms with Gasteiger partial charge in [0, 0.05) is 37.8 Å². The molecule has 0 aliphatic carbocycles. The van der Waals surface area contributed by atoms with Crippen LogP contribution in [-0.4, -0.2) is 39.7 Å². The topological polar surface area (TPSA) is 115 Å². The van der Waals surface area contributed by atoms with Gasteiger partial charge in [0.1, 0.15) is 5.54 Å². The molecule has 108 valence electrons. The van der Waals surface area contributed by atoms with Gasteiger partial charge in [-0.25, -0.2) is 9.78 Å². The van der Waals surface area contributed by atoms with Gasteiger partial charge in [-0.2, -0.15) is 0 Å². The van der Waals surface area contributed by atoms with Crippen molar-refractivity contribution in [2.24, 2.45) is 0 Å². The number of ether oxygens (including phenoxy) is 1. The standard InChI is InChI=1S/C12H15N3O5/c1-8-2-5-13-10(9(8)15(18)19)14-12(11(16)17)3-6-20-7-4-12/h2,5H,3-4,6-7H2,1H3,(H,13,14)(H,16,17). The molecule has 1 aliphatic rings. The van der Waals surface area contributed by atoms with Crippen molar-refractivity contribution in [2.45, 2.75) is 25.3 Å². The van der Waals surface area contributed by atoms with E-state index in [1.165, 1.54) is 12.3 Å². The van der Waals surface area contributed by atoms with Gasteiger partial charge in [-0.05, 0) is 13.0 Å². The lowest BCUT2D eigenvalue weighted by Gasteiger charge is -2.34. The first kappa shape index (κ1) is 14.2. The van der Waals surface area contributed by atoms with E-state index in [-0.39, 0.29) is 24.3 Å². The van der Waals surface area contributed by atoms with Crippen LogP contribution in [0.4, 0.5) is 11.5 Å². The third-order valence-corrected chi connectivity index (χ3v) is 3.42. The first-order valence-electron chi connectivity index (χ1n) is 6.15. The normalized spacial score (nSPS) is 17.4. The average Bonchev–Trinajstić information content (AvgIpc) is 2.39. The van der Waals surface area contributed by atoms with Crippen molar-refractivity contribution < 1.29 is 19.6 Å². The molecule has 1 aromatic heterocycles. The lowest BCUT2D eigenvalue weighted by Crippen LogP contribution is -2.50. The zero-order chi connectivity index (χ0) is 14.8. The first-order valence-corrected chi connectivity index (χ1v) is 6.15. The molecule has 2 rings (SSSR count). The fourth-order valence-corrected chi connectivity index (χ4v) is 2.21. The third-order valence-electron chi connectivity index (χ3n) is 3.42. The highest BCUT2D eigenvalue weighted by molar-refractivity contribution is 5.83. The second-order valence-corrected chi connectivity index (χ2v) is 4.71. The number of carboxylic acid groups (broad SMARTS) is 1. The summed E-state index contributed by atoms with van der Waals surface area (Å²) in [6.07, 6.45) is 1.88. The van der Waals surface area contributed by atoms with Crippen LogP contribution in [0.15, 0.2) is 12.3 Å². The minimum atomic E-state index is -1.27. The Hall–Kier alpha value is -2.22. The largest absolute Gasteiger partial charge is 0.480 e. The summed E-state index contributed by atoms with van der Waals surface area (Å²) < 4.78 is 5.16. The Morgan fingerprint density at radius 1 is 1.55 bits per heavy atom. The predicted octanol–water partition coefficient (Wildman–Crippen LogP) is 1.34. The minimum absolute atomic E-state index is 0.0145. The maximum atomic E-state index is 11.5.